The topological polar surface area (TPSA) is 27.7 Å². The third-order valence-corrected chi connectivity index (χ3v) is 9.31. The van der Waals surface area contributed by atoms with E-state index in [9.17, 15) is 0 Å². The first kappa shape index (κ1) is 32.4. The zero-order valence-corrected chi connectivity index (χ0v) is 24.2. The Morgan fingerprint density at radius 3 is 1.69 bits per heavy atom. The fourth-order valence-corrected chi connectivity index (χ4v) is 6.54. The summed E-state index contributed by atoms with van der Waals surface area (Å²) < 4.78 is 19.3. The zero-order valence-electron chi connectivity index (χ0n) is 22.4. The molecule has 0 aromatic rings. The predicted octanol–water partition coefficient (Wildman–Crippen LogP) is 9.54. The third-order valence-electron chi connectivity index (χ3n) is 6.25. The van der Waals surface area contributed by atoms with Crippen LogP contribution in [0.2, 0.25) is 6.04 Å². The first-order chi connectivity index (χ1) is 15.5. The molecule has 0 spiro atoms. The summed E-state index contributed by atoms with van der Waals surface area (Å²) in [5, 5.41) is 0.0537. The van der Waals surface area contributed by atoms with E-state index in [1.54, 1.807) is 0 Å². The van der Waals surface area contributed by atoms with Gasteiger partial charge in [-0.2, -0.15) is 0 Å². The lowest BCUT2D eigenvalue weighted by Gasteiger charge is -2.31. The molecule has 0 radical (unpaired) electrons. The molecule has 3 nitrogen and oxygen atoms in total. The molecule has 0 saturated carbocycles. The van der Waals surface area contributed by atoms with Crippen molar-refractivity contribution in [2.24, 2.45) is 5.92 Å². The summed E-state index contributed by atoms with van der Waals surface area (Å²) in [5.74, 6) is 0.548. The number of alkyl halides is 1. The molecule has 0 bridgehead atoms. The van der Waals surface area contributed by atoms with Crippen LogP contribution in [-0.2, 0) is 13.3 Å². The third kappa shape index (κ3) is 18.8. The molecule has 0 N–H and O–H groups in total. The van der Waals surface area contributed by atoms with Gasteiger partial charge in [0.2, 0.25) is 0 Å². The van der Waals surface area contributed by atoms with Crippen molar-refractivity contribution in [2.45, 2.75) is 149 Å². The highest BCUT2D eigenvalue weighted by atomic mass is 35.5. The summed E-state index contributed by atoms with van der Waals surface area (Å²) in [6.07, 6.45) is 20.1. The Morgan fingerprint density at radius 2 is 1.09 bits per heavy atom. The van der Waals surface area contributed by atoms with E-state index in [0.717, 1.165) is 32.1 Å². The smallest absolute Gasteiger partial charge is 0.373 e. The van der Waals surface area contributed by atoms with Crippen molar-refractivity contribution in [3.63, 3.8) is 0 Å². The van der Waals surface area contributed by atoms with Crippen LogP contribution in [0.25, 0.3) is 0 Å². The van der Waals surface area contributed by atoms with Crippen molar-refractivity contribution in [2.75, 3.05) is 19.8 Å². The second-order valence-corrected chi connectivity index (χ2v) is 13.2. The first-order valence-electron chi connectivity index (χ1n) is 14.1. The van der Waals surface area contributed by atoms with E-state index >= 15 is 0 Å². The number of unbranched alkanes of at least 4 members (excludes halogenated alkanes) is 11. The molecular weight excluding hydrogens is 436 g/mol. The van der Waals surface area contributed by atoms with Crippen molar-refractivity contribution in [1.29, 1.82) is 0 Å². The van der Waals surface area contributed by atoms with Crippen LogP contribution in [0.3, 0.4) is 0 Å². The van der Waals surface area contributed by atoms with Gasteiger partial charge in [0.05, 0.1) is 12.0 Å². The Balaban J connectivity index is 4.57. The van der Waals surface area contributed by atoms with Crippen molar-refractivity contribution in [1.82, 2.24) is 0 Å². The molecule has 0 aliphatic heterocycles. The van der Waals surface area contributed by atoms with Gasteiger partial charge in [0, 0.05) is 19.3 Å². The Bertz CT molecular complexity index is 362. The second-order valence-electron chi connectivity index (χ2n) is 9.68. The van der Waals surface area contributed by atoms with Gasteiger partial charge in [-0.15, -0.1) is 11.6 Å². The molecule has 194 valence electrons. The van der Waals surface area contributed by atoms with Crippen LogP contribution in [0.4, 0.5) is 0 Å². The van der Waals surface area contributed by atoms with Crippen molar-refractivity contribution in [3.8, 4) is 0 Å². The minimum Gasteiger partial charge on any atom is -0.373 e. The SMILES string of the molecule is CCCCCCCCO[Si](CC)(OCC(C)CCCCCC)OCC(Cl)CCCCCC. The Hall–Kier alpha value is 0.387. The van der Waals surface area contributed by atoms with E-state index in [1.807, 2.05) is 0 Å². The van der Waals surface area contributed by atoms with Gasteiger partial charge in [-0.3, -0.25) is 0 Å². The minimum atomic E-state index is -2.66. The lowest BCUT2D eigenvalue weighted by atomic mass is 10.0. The number of hydrogen-bond acceptors (Lipinski definition) is 3. The lowest BCUT2D eigenvalue weighted by molar-refractivity contribution is 0.0476. The zero-order chi connectivity index (χ0) is 23.9. The van der Waals surface area contributed by atoms with Crippen LogP contribution in [0, 0.1) is 5.92 Å². The molecule has 32 heavy (non-hydrogen) atoms. The number of rotatable bonds is 25. The maximum absolute atomic E-state index is 6.60. The van der Waals surface area contributed by atoms with Crippen LogP contribution in [0.5, 0.6) is 0 Å². The highest BCUT2D eigenvalue weighted by molar-refractivity contribution is 6.60. The fraction of sp³-hybridized carbons (Fsp3) is 1.00. The molecular formula is C27H57ClO3Si. The van der Waals surface area contributed by atoms with Gasteiger partial charge in [-0.05, 0) is 25.2 Å². The molecule has 0 saturated heterocycles. The quantitative estimate of drug-likeness (QED) is 0.0720. The fourth-order valence-electron chi connectivity index (χ4n) is 3.91. The molecule has 0 aliphatic rings. The van der Waals surface area contributed by atoms with Gasteiger partial charge < -0.3 is 13.3 Å². The normalized spacial score (nSPS) is 15.6. The molecule has 0 aromatic carbocycles. The molecule has 5 heteroatoms. The van der Waals surface area contributed by atoms with E-state index in [2.05, 4.69) is 34.6 Å². The Labute approximate surface area is 208 Å². The summed E-state index contributed by atoms with van der Waals surface area (Å²) in [7, 11) is -2.66. The Morgan fingerprint density at radius 1 is 0.594 bits per heavy atom. The van der Waals surface area contributed by atoms with Crippen LogP contribution < -0.4 is 0 Å². The van der Waals surface area contributed by atoms with E-state index < -0.39 is 8.80 Å². The molecule has 3 unspecified atom stereocenters. The standard InChI is InChI=1S/C27H57ClO3Si/c1-6-10-13-16-17-20-23-29-32(9-4,30-24-26(5)21-18-14-11-7-2)31-25-27(28)22-19-15-12-8-3/h26-27H,6-25H2,1-5H3. The van der Waals surface area contributed by atoms with Crippen molar-refractivity contribution in [3.05, 3.63) is 0 Å². The van der Waals surface area contributed by atoms with E-state index in [0.29, 0.717) is 12.5 Å². The molecule has 0 fully saturated rings. The largest absolute Gasteiger partial charge is 0.500 e. The van der Waals surface area contributed by atoms with Gasteiger partial charge in [-0.25, -0.2) is 0 Å². The monoisotopic (exact) mass is 492 g/mol. The van der Waals surface area contributed by atoms with E-state index in [1.165, 1.54) is 89.9 Å². The van der Waals surface area contributed by atoms with Gasteiger partial charge >= 0.3 is 8.80 Å². The summed E-state index contributed by atoms with van der Waals surface area (Å²) >= 11 is 6.60. The number of halogens is 1. The lowest BCUT2D eigenvalue weighted by Crippen LogP contribution is -2.47. The maximum atomic E-state index is 6.60. The first-order valence-corrected chi connectivity index (χ1v) is 16.5. The van der Waals surface area contributed by atoms with Gasteiger partial charge in [0.25, 0.3) is 0 Å². The van der Waals surface area contributed by atoms with Crippen LogP contribution in [0.15, 0.2) is 0 Å². The second kappa shape index (κ2) is 23.1. The summed E-state index contributed by atoms with van der Waals surface area (Å²) in [6, 6.07) is 0.824. The van der Waals surface area contributed by atoms with Crippen LogP contribution in [0.1, 0.15) is 137 Å². The molecule has 0 aliphatic carbocycles. The maximum Gasteiger partial charge on any atom is 0.500 e. The molecule has 0 rings (SSSR count). The minimum absolute atomic E-state index is 0.0537. The van der Waals surface area contributed by atoms with E-state index in [4.69, 9.17) is 24.9 Å². The highest BCUT2D eigenvalue weighted by Gasteiger charge is 2.40. The van der Waals surface area contributed by atoms with E-state index in [-0.39, 0.29) is 5.38 Å². The van der Waals surface area contributed by atoms with Crippen LogP contribution >= 0.6 is 11.6 Å². The highest BCUT2D eigenvalue weighted by Crippen LogP contribution is 2.22. The van der Waals surface area contributed by atoms with Gasteiger partial charge in [-0.1, -0.05) is 118 Å². The molecule has 3 atom stereocenters. The molecule has 0 aromatic heterocycles. The van der Waals surface area contributed by atoms with Crippen molar-refractivity contribution >= 4 is 20.4 Å². The van der Waals surface area contributed by atoms with Gasteiger partial charge in [0.1, 0.15) is 0 Å². The molecule has 0 amide bonds. The molecule has 0 heterocycles. The summed E-state index contributed by atoms with van der Waals surface area (Å²) in [5.41, 5.74) is 0. The van der Waals surface area contributed by atoms with Crippen LogP contribution in [-0.4, -0.2) is 34.0 Å². The Kier molecular flexibility index (Phi) is 23.4. The predicted molar refractivity (Wildman–Crippen MR) is 144 cm³/mol. The van der Waals surface area contributed by atoms with Gasteiger partial charge in [0.15, 0.2) is 0 Å². The van der Waals surface area contributed by atoms with Crippen molar-refractivity contribution < 1.29 is 13.3 Å². The summed E-state index contributed by atoms with van der Waals surface area (Å²) in [4.78, 5) is 0. The number of hydrogen-bond donors (Lipinski definition) is 0. The summed E-state index contributed by atoms with van der Waals surface area (Å²) in [6.45, 7) is 13.3. The average Bonchev–Trinajstić information content (AvgIpc) is 2.80. The average molecular weight is 493 g/mol.